The maximum Gasteiger partial charge on any atom is 0.337 e. The fraction of sp³-hybridized carbons (Fsp3) is 0.300. The Balaban J connectivity index is 1.90. The molecule has 0 aliphatic carbocycles. The smallest absolute Gasteiger partial charge is 0.337 e. The van der Waals surface area contributed by atoms with Gasteiger partial charge in [0.25, 0.3) is 0 Å². The molecule has 2 rings (SSSR count). The summed E-state index contributed by atoms with van der Waals surface area (Å²) in [5.41, 5.74) is 7.27. The van der Waals surface area contributed by atoms with E-state index in [1.165, 1.54) is 19.2 Å². The number of aromatic hydroxyl groups is 1. The fourth-order valence-electron chi connectivity index (χ4n) is 2.74. The number of nitrogens with two attached hydrogens (primary N) is 1. The minimum Gasteiger partial charge on any atom is -0.506 e. The number of ether oxygens (including phenoxy) is 1. The zero-order valence-corrected chi connectivity index (χ0v) is 15.8. The molecule has 8 heteroatoms. The lowest BCUT2D eigenvalue weighted by molar-refractivity contribution is 0.0600. The predicted molar refractivity (Wildman–Crippen MR) is 105 cm³/mol. The Morgan fingerprint density at radius 3 is 2.46 bits per heavy atom. The van der Waals surface area contributed by atoms with Gasteiger partial charge in [-0.05, 0) is 48.7 Å². The Morgan fingerprint density at radius 2 is 1.86 bits per heavy atom. The molecule has 150 valence electrons. The van der Waals surface area contributed by atoms with Crippen LogP contribution < -0.4 is 16.4 Å². The third-order valence-electron chi connectivity index (χ3n) is 4.24. The first-order chi connectivity index (χ1) is 13.3. The van der Waals surface area contributed by atoms with Crippen LogP contribution in [0.15, 0.2) is 42.5 Å². The Hall–Kier alpha value is -3.10. The first-order valence-electron chi connectivity index (χ1n) is 8.78. The first kappa shape index (κ1) is 21.2. The van der Waals surface area contributed by atoms with E-state index in [9.17, 15) is 19.8 Å². The fourth-order valence-corrected chi connectivity index (χ4v) is 2.74. The van der Waals surface area contributed by atoms with Gasteiger partial charge in [-0.3, -0.25) is 0 Å². The molecule has 0 bridgehead atoms. The lowest BCUT2D eigenvalue weighted by atomic mass is 10.0. The minimum atomic E-state index is -0.835. The van der Waals surface area contributed by atoms with Gasteiger partial charge < -0.3 is 31.3 Å². The number of phenolic OH excluding ortho intramolecular Hbond substituents is 1. The molecule has 0 aliphatic heterocycles. The van der Waals surface area contributed by atoms with Crippen molar-refractivity contribution in [1.82, 2.24) is 5.32 Å². The van der Waals surface area contributed by atoms with Gasteiger partial charge in [-0.1, -0.05) is 18.2 Å². The SMILES string of the molecule is COC(=O)c1ccc(CC(C)NCC(O)c2ccc(O)c(NC(N)=O)c2)cc1. The van der Waals surface area contributed by atoms with Crippen molar-refractivity contribution in [3.05, 3.63) is 59.2 Å². The van der Waals surface area contributed by atoms with Gasteiger partial charge in [0.05, 0.1) is 24.5 Å². The van der Waals surface area contributed by atoms with E-state index in [1.807, 2.05) is 19.1 Å². The number of carbonyl (C=O) groups is 2. The van der Waals surface area contributed by atoms with Crippen LogP contribution in [-0.4, -0.2) is 41.9 Å². The summed E-state index contributed by atoms with van der Waals surface area (Å²) in [7, 11) is 1.34. The number of anilines is 1. The zero-order valence-electron chi connectivity index (χ0n) is 15.8. The molecule has 0 saturated carbocycles. The molecule has 2 amide bonds. The number of methoxy groups -OCH3 is 1. The van der Waals surface area contributed by atoms with Crippen LogP contribution in [0.4, 0.5) is 10.5 Å². The van der Waals surface area contributed by atoms with E-state index in [-0.39, 0.29) is 30.0 Å². The van der Waals surface area contributed by atoms with Crippen LogP contribution in [-0.2, 0) is 11.2 Å². The van der Waals surface area contributed by atoms with Crippen LogP contribution in [0.3, 0.4) is 0 Å². The molecule has 2 atom stereocenters. The molecule has 0 saturated heterocycles. The molecule has 2 aromatic carbocycles. The number of primary amides is 1. The molecular formula is C20H25N3O5. The number of nitrogens with one attached hydrogen (secondary N) is 2. The monoisotopic (exact) mass is 387 g/mol. The summed E-state index contributed by atoms with van der Waals surface area (Å²) in [5, 5.41) is 25.6. The highest BCUT2D eigenvalue weighted by molar-refractivity contribution is 5.90. The van der Waals surface area contributed by atoms with Crippen LogP contribution in [0, 0.1) is 0 Å². The summed E-state index contributed by atoms with van der Waals surface area (Å²) in [6, 6.07) is 10.9. The van der Waals surface area contributed by atoms with E-state index >= 15 is 0 Å². The topological polar surface area (TPSA) is 134 Å². The highest BCUT2D eigenvalue weighted by atomic mass is 16.5. The number of carbonyl (C=O) groups excluding carboxylic acids is 2. The normalized spacial score (nSPS) is 12.8. The van der Waals surface area contributed by atoms with Gasteiger partial charge in [0.1, 0.15) is 5.75 Å². The molecule has 0 aromatic heterocycles. The lowest BCUT2D eigenvalue weighted by Gasteiger charge is -2.18. The van der Waals surface area contributed by atoms with Gasteiger partial charge in [0.15, 0.2) is 0 Å². The summed E-state index contributed by atoms with van der Waals surface area (Å²) in [6.45, 7) is 2.26. The summed E-state index contributed by atoms with van der Waals surface area (Å²) in [5.74, 6) is -0.508. The van der Waals surface area contributed by atoms with E-state index in [0.29, 0.717) is 17.5 Å². The van der Waals surface area contributed by atoms with Crippen LogP contribution in [0.5, 0.6) is 5.75 Å². The summed E-state index contributed by atoms with van der Waals surface area (Å²) >= 11 is 0. The van der Waals surface area contributed by atoms with Crippen molar-refractivity contribution in [2.45, 2.75) is 25.5 Å². The van der Waals surface area contributed by atoms with Crippen molar-refractivity contribution >= 4 is 17.7 Å². The van der Waals surface area contributed by atoms with Crippen molar-refractivity contribution in [2.75, 3.05) is 19.0 Å². The molecular weight excluding hydrogens is 362 g/mol. The third kappa shape index (κ3) is 5.97. The average molecular weight is 387 g/mol. The predicted octanol–water partition coefficient (Wildman–Crippen LogP) is 1.92. The van der Waals surface area contributed by atoms with Crippen LogP contribution in [0.2, 0.25) is 0 Å². The molecule has 0 aliphatic rings. The number of phenols is 1. The highest BCUT2D eigenvalue weighted by Gasteiger charge is 2.13. The Morgan fingerprint density at radius 1 is 1.18 bits per heavy atom. The Kier molecular flexibility index (Phi) is 7.36. The van der Waals surface area contributed by atoms with Gasteiger partial charge in [-0.15, -0.1) is 0 Å². The van der Waals surface area contributed by atoms with Crippen LogP contribution in [0.1, 0.15) is 34.5 Å². The van der Waals surface area contributed by atoms with Crippen molar-refractivity contribution in [3.8, 4) is 5.75 Å². The second kappa shape index (κ2) is 9.72. The summed E-state index contributed by atoms with van der Waals surface area (Å²) < 4.78 is 4.68. The Labute approximate surface area is 163 Å². The summed E-state index contributed by atoms with van der Waals surface area (Å²) in [6.07, 6.45) is -0.128. The highest BCUT2D eigenvalue weighted by Crippen LogP contribution is 2.27. The largest absolute Gasteiger partial charge is 0.506 e. The number of benzene rings is 2. The van der Waals surface area contributed by atoms with Crippen molar-refractivity contribution in [3.63, 3.8) is 0 Å². The number of aliphatic hydroxyl groups is 1. The van der Waals surface area contributed by atoms with Crippen molar-refractivity contribution < 1.29 is 24.5 Å². The number of hydrogen-bond acceptors (Lipinski definition) is 6. The average Bonchev–Trinajstić information content (AvgIpc) is 2.67. The van der Waals surface area contributed by atoms with E-state index in [1.54, 1.807) is 18.2 Å². The number of aliphatic hydroxyl groups excluding tert-OH is 1. The van der Waals surface area contributed by atoms with Gasteiger partial charge in [0, 0.05) is 12.6 Å². The van der Waals surface area contributed by atoms with Gasteiger partial charge >= 0.3 is 12.0 Å². The molecule has 6 N–H and O–H groups in total. The van der Waals surface area contributed by atoms with E-state index in [2.05, 4.69) is 15.4 Å². The van der Waals surface area contributed by atoms with E-state index in [0.717, 1.165) is 5.56 Å². The number of hydrogen-bond donors (Lipinski definition) is 5. The standard InChI is InChI=1S/C20H25N3O5/c1-12(9-13-3-5-14(6-4-13)19(26)28-2)22-11-18(25)15-7-8-17(24)16(10-15)23-20(21)27/h3-8,10,12,18,22,24-25H,9,11H2,1-2H3,(H3,21,23,27). The third-order valence-corrected chi connectivity index (χ3v) is 4.24. The second-order valence-corrected chi connectivity index (χ2v) is 6.48. The molecule has 2 aromatic rings. The molecule has 0 fully saturated rings. The van der Waals surface area contributed by atoms with Crippen molar-refractivity contribution in [2.24, 2.45) is 5.73 Å². The van der Waals surface area contributed by atoms with Gasteiger partial charge in [-0.25, -0.2) is 9.59 Å². The quantitative estimate of drug-likeness (QED) is 0.347. The molecule has 0 heterocycles. The van der Waals surface area contributed by atoms with Crippen molar-refractivity contribution in [1.29, 1.82) is 0 Å². The molecule has 8 nitrogen and oxygen atoms in total. The maximum atomic E-state index is 11.5. The van der Waals surface area contributed by atoms with Crippen LogP contribution in [0.25, 0.3) is 0 Å². The molecule has 2 unspecified atom stereocenters. The number of esters is 1. The van der Waals surface area contributed by atoms with Crippen LogP contribution >= 0.6 is 0 Å². The lowest BCUT2D eigenvalue weighted by Crippen LogP contribution is -2.32. The number of urea groups is 1. The summed E-state index contributed by atoms with van der Waals surface area (Å²) in [4.78, 5) is 22.4. The Bertz CT molecular complexity index is 823. The first-order valence-corrected chi connectivity index (χ1v) is 8.78. The van der Waals surface area contributed by atoms with E-state index in [4.69, 9.17) is 5.73 Å². The maximum absolute atomic E-state index is 11.5. The molecule has 0 radical (unpaired) electrons. The van der Waals surface area contributed by atoms with Gasteiger partial charge in [0.2, 0.25) is 0 Å². The molecule has 28 heavy (non-hydrogen) atoms. The minimum absolute atomic E-state index is 0.0685. The zero-order chi connectivity index (χ0) is 20.7. The number of amides is 2. The second-order valence-electron chi connectivity index (χ2n) is 6.48. The number of rotatable bonds is 8. The molecule has 0 spiro atoms. The van der Waals surface area contributed by atoms with Gasteiger partial charge in [-0.2, -0.15) is 0 Å². The van der Waals surface area contributed by atoms with E-state index < -0.39 is 12.1 Å².